The van der Waals surface area contributed by atoms with Crippen LogP contribution in [0.3, 0.4) is 0 Å². The van der Waals surface area contributed by atoms with Gasteiger partial charge in [-0.15, -0.1) is 0 Å². The van der Waals surface area contributed by atoms with Gasteiger partial charge in [0.15, 0.2) is 11.5 Å². The van der Waals surface area contributed by atoms with Gasteiger partial charge in [0.05, 0.1) is 7.11 Å². The largest absolute Gasteiger partial charge is 0.497 e. The normalized spacial score (nSPS) is 10.7. The molecule has 1 aromatic carbocycles. The van der Waals surface area contributed by atoms with Gasteiger partial charge in [-0.1, -0.05) is 0 Å². The molecule has 3 aromatic rings. The molecule has 0 aliphatic rings. The van der Waals surface area contributed by atoms with E-state index in [9.17, 15) is 0 Å². The summed E-state index contributed by atoms with van der Waals surface area (Å²) in [4.78, 5) is 4.47. The smallest absolute Gasteiger partial charge is 0.156 e. The molecule has 0 bridgehead atoms. The van der Waals surface area contributed by atoms with Crippen LogP contribution < -0.4 is 10.5 Å². The molecule has 0 unspecified atom stereocenters. The van der Waals surface area contributed by atoms with Gasteiger partial charge in [0.2, 0.25) is 0 Å². The van der Waals surface area contributed by atoms with E-state index in [1.165, 1.54) is 0 Å². The van der Waals surface area contributed by atoms with Crippen molar-refractivity contribution in [3.63, 3.8) is 0 Å². The number of nitrogens with zero attached hydrogens (tertiary/aromatic N) is 3. The summed E-state index contributed by atoms with van der Waals surface area (Å²) in [7, 11) is 1.64. The molecule has 90 valence electrons. The Balaban J connectivity index is 2.15. The molecule has 0 fully saturated rings. The monoisotopic (exact) mass is 240 g/mol. The Morgan fingerprint density at radius 2 is 1.94 bits per heavy atom. The summed E-state index contributed by atoms with van der Waals surface area (Å²) in [6, 6.07) is 11.3. The number of rotatable bonds is 2. The molecule has 2 N–H and O–H groups in total. The second kappa shape index (κ2) is 4.03. The first-order valence-corrected chi connectivity index (χ1v) is 5.53. The fourth-order valence-electron chi connectivity index (χ4n) is 1.87. The van der Waals surface area contributed by atoms with E-state index in [0.717, 1.165) is 22.7 Å². The van der Waals surface area contributed by atoms with Crippen LogP contribution in [-0.2, 0) is 0 Å². The minimum absolute atomic E-state index is 0.538. The van der Waals surface area contributed by atoms with Crippen LogP contribution in [0.2, 0.25) is 0 Å². The fourth-order valence-corrected chi connectivity index (χ4v) is 1.87. The molecule has 0 amide bonds. The number of ether oxygens (including phenoxy) is 1. The molecule has 5 nitrogen and oxygen atoms in total. The van der Waals surface area contributed by atoms with Gasteiger partial charge < -0.3 is 10.5 Å². The second-order valence-electron chi connectivity index (χ2n) is 3.87. The molecular formula is C13H12N4O. The number of fused-ring (bicyclic) bond motifs is 1. The lowest BCUT2D eigenvalue weighted by atomic mass is 10.1. The number of nitrogens with two attached hydrogens (primary N) is 1. The van der Waals surface area contributed by atoms with Crippen molar-refractivity contribution in [2.24, 2.45) is 0 Å². The van der Waals surface area contributed by atoms with E-state index in [0.29, 0.717) is 5.82 Å². The predicted octanol–water partition coefficient (Wildman–Crippen LogP) is 1.99. The Kier molecular flexibility index (Phi) is 2.37. The topological polar surface area (TPSA) is 65.4 Å². The maximum atomic E-state index is 6.05. The number of anilines is 1. The van der Waals surface area contributed by atoms with Gasteiger partial charge in [-0.3, -0.25) is 0 Å². The van der Waals surface area contributed by atoms with Crippen molar-refractivity contribution in [1.82, 2.24) is 14.6 Å². The summed E-state index contributed by atoms with van der Waals surface area (Å²) in [5.74, 6) is 1.34. The molecular weight excluding hydrogens is 228 g/mol. The highest BCUT2D eigenvalue weighted by molar-refractivity contribution is 5.74. The number of hydrogen-bond acceptors (Lipinski definition) is 4. The lowest BCUT2D eigenvalue weighted by Crippen LogP contribution is -1.96. The third-order valence-corrected chi connectivity index (χ3v) is 2.79. The molecule has 3 rings (SSSR count). The summed E-state index contributed by atoms with van der Waals surface area (Å²) in [6.45, 7) is 0. The predicted molar refractivity (Wildman–Crippen MR) is 69.4 cm³/mol. The van der Waals surface area contributed by atoms with Gasteiger partial charge in [-0.25, -0.2) is 4.98 Å². The number of nitrogen functional groups attached to an aromatic ring is 1. The van der Waals surface area contributed by atoms with Crippen LogP contribution in [0.4, 0.5) is 5.82 Å². The molecule has 0 saturated carbocycles. The van der Waals surface area contributed by atoms with E-state index in [-0.39, 0.29) is 0 Å². The number of imidazole rings is 1. The van der Waals surface area contributed by atoms with Crippen molar-refractivity contribution >= 4 is 11.5 Å². The van der Waals surface area contributed by atoms with Crippen LogP contribution in [0.15, 0.2) is 42.6 Å². The highest BCUT2D eigenvalue weighted by Gasteiger charge is 2.11. The molecule has 2 aromatic heterocycles. The van der Waals surface area contributed by atoms with Crippen LogP contribution in [0.1, 0.15) is 0 Å². The van der Waals surface area contributed by atoms with Gasteiger partial charge >= 0.3 is 0 Å². The first-order chi connectivity index (χ1) is 8.79. The Morgan fingerprint density at radius 1 is 1.17 bits per heavy atom. The molecule has 0 spiro atoms. The van der Waals surface area contributed by atoms with Gasteiger partial charge in [0, 0.05) is 11.8 Å². The van der Waals surface area contributed by atoms with Gasteiger partial charge in [0.25, 0.3) is 0 Å². The first kappa shape index (κ1) is 10.6. The zero-order valence-corrected chi connectivity index (χ0v) is 9.87. The zero-order valence-electron chi connectivity index (χ0n) is 9.87. The van der Waals surface area contributed by atoms with Crippen molar-refractivity contribution in [3.8, 4) is 17.0 Å². The minimum Gasteiger partial charge on any atom is -0.497 e. The summed E-state index contributed by atoms with van der Waals surface area (Å²) >= 11 is 0. The minimum atomic E-state index is 0.538. The van der Waals surface area contributed by atoms with E-state index in [4.69, 9.17) is 10.5 Å². The molecule has 0 atom stereocenters. The number of methoxy groups -OCH3 is 1. The Labute approximate surface area is 104 Å². The van der Waals surface area contributed by atoms with Gasteiger partial charge in [-0.05, 0) is 36.4 Å². The SMILES string of the molecule is COc1ccc(-c2nc3cccnn3c2N)cc1. The molecule has 0 radical (unpaired) electrons. The zero-order chi connectivity index (χ0) is 12.5. The maximum absolute atomic E-state index is 6.05. The highest BCUT2D eigenvalue weighted by atomic mass is 16.5. The lowest BCUT2D eigenvalue weighted by molar-refractivity contribution is 0.415. The lowest BCUT2D eigenvalue weighted by Gasteiger charge is -2.01. The molecule has 5 heteroatoms. The van der Waals surface area contributed by atoms with Crippen molar-refractivity contribution in [1.29, 1.82) is 0 Å². The number of aromatic nitrogens is 3. The van der Waals surface area contributed by atoms with Crippen molar-refractivity contribution < 1.29 is 4.74 Å². The van der Waals surface area contributed by atoms with Crippen LogP contribution in [-0.4, -0.2) is 21.7 Å². The van der Waals surface area contributed by atoms with Crippen LogP contribution in [0.5, 0.6) is 5.75 Å². The van der Waals surface area contributed by atoms with E-state index >= 15 is 0 Å². The van der Waals surface area contributed by atoms with Gasteiger partial charge in [0.1, 0.15) is 11.4 Å². The average Bonchev–Trinajstić information content (AvgIpc) is 2.77. The number of benzene rings is 1. The molecule has 0 saturated heterocycles. The van der Waals surface area contributed by atoms with E-state index in [1.54, 1.807) is 17.8 Å². The van der Waals surface area contributed by atoms with E-state index in [2.05, 4.69) is 10.1 Å². The van der Waals surface area contributed by atoms with Crippen LogP contribution in [0, 0.1) is 0 Å². The third-order valence-electron chi connectivity index (χ3n) is 2.79. The average molecular weight is 240 g/mol. The quantitative estimate of drug-likeness (QED) is 0.744. The summed E-state index contributed by atoms with van der Waals surface area (Å²) < 4.78 is 6.75. The summed E-state index contributed by atoms with van der Waals surface area (Å²) in [5.41, 5.74) is 8.46. The first-order valence-electron chi connectivity index (χ1n) is 5.53. The summed E-state index contributed by atoms with van der Waals surface area (Å²) in [5, 5.41) is 4.17. The van der Waals surface area contributed by atoms with Crippen molar-refractivity contribution in [2.45, 2.75) is 0 Å². The Hall–Kier alpha value is -2.56. The maximum Gasteiger partial charge on any atom is 0.156 e. The summed E-state index contributed by atoms with van der Waals surface area (Å²) in [6.07, 6.45) is 1.68. The third kappa shape index (κ3) is 1.57. The van der Waals surface area contributed by atoms with Gasteiger partial charge in [-0.2, -0.15) is 9.61 Å². The molecule has 0 aliphatic carbocycles. The van der Waals surface area contributed by atoms with Crippen molar-refractivity contribution in [3.05, 3.63) is 42.6 Å². The standard InChI is InChI=1S/C13H12N4O/c1-18-10-6-4-9(5-7-10)12-13(14)17-11(16-12)3-2-8-15-17/h2-8H,14H2,1H3. The Morgan fingerprint density at radius 3 is 2.61 bits per heavy atom. The Bertz CT molecular complexity index is 688. The van der Waals surface area contributed by atoms with E-state index < -0.39 is 0 Å². The van der Waals surface area contributed by atoms with Crippen LogP contribution >= 0.6 is 0 Å². The molecule has 2 heterocycles. The second-order valence-corrected chi connectivity index (χ2v) is 3.87. The van der Waals surface area contributed by atoms with Crippen LogP contribution in [0.25, 0.3) is 16.9 Å². The molecule has 18 heavy (non-hydrogen) atoms. The number of hydrogen-bond donors (Lipinski definition) is 1. The fraction of sp³-hybridized carbons (Fsp3) is 0.0769. The highest BCUT2D eigenvalue weighted by Crippen LogP contribution is 2.27. The van der Waals surface area contributed by atoms with Crippen molar-refractivity contribution in [2.75, 3.05) is 12.8 Å². The van der Waals surface area contributed by atoms with E-state index in [1.807, 2.05) is 36.4 Å². The molecule has 0 aliphatic heterocycles.